The molecule has 1 aromatic heterocycles. The van der Waals surface area contributed by atoms with Crippen molar-refractivity contribution in [3.05, 3.63) is 160 Å². The Kier molecular flexibility index (Phi) is 30.3. The second-order valence-electron chi connectivity index (χ2n) is 31.3. The molecule has 6 aromatic rings. The topological polar surface area (TPSA) is 300 Å². The minimum Gasteiger partial charge on any atom is -0.391 e. The average molecular weight is 1660 g/mol. The van der Waals surface area contributed by atoms with Crippen LogP contribution < -0.4 is 30.9 Å². The molecule has 0 bridgehead atoms. The number of benzene rings is 5. The molecule has 7 N–H and O–H groups in total. The summed E-state index contributed by atoms with van der Waals surface area (Å²) in [6, 6.07) is 30.6. The average Bonchev–Trinajstić information content (AvgIpc) is 1.28. The first-order valence-electron chi connectivity index (χ1n) is 38.6. The summed E-state index contributed by atoms with van der Waals surface area (Å²) >= 11 is 9.31. The normalized spacial score (nSPS) is 19.0. The van der Waals surface area contributed by atoms with Crippen molar-refractivity contribution in [3.63, 3.8) is 0 Å². The second kappa shape index (κ2) is 39.1. The van der Waals surface area contributed by atoms with Crippen LogP contribution in [0.4, 0.5) is 24.5 Å². The van der Waals surface area contributed by atoms with Crippen LogP contribution in [0.1, 0.15) is 151 Å². The Hall–Kier alpha value is -7.94. The van der Waals surface area contributed by atoms with Gasteiger partial charge in [0.25, 0.3) is 25.8 Å². The third kappa shape index (κ3) is 23.9. The number of rotatable bonds is 34. The van der Waals surface area contributed by atoms with E-state index in [1.54, 1.807) is 23.5 Å². The fraction of sp³-hybridized carbons (Fsp3) is 0.500. The number of allylic oxidation sites excluding steroid dienone is 1. The number of nitrogens with one attached hydrogen (secondary N) is 5. The number of hydrogen-bond donors (Lipinski definition) is 7. The van der Waals surface area contributed by atoms with Crippen LogP contribution in [0.2, 0.25) is 5.02 Å². The summed E-state index contributed by atoms with van der Waals surface area (Å²) in [5.41, 5.74) is 1.79. The SMILES string of the molecule is Cc1ncsc1-c1ccc([C@H](C)NC(=O)[C@@H]2C[C@@H](O)CN2C(=O)[C@@H](NC(=O)CCCCCCCCC(=O)NCC2(C)CCC(c3ccc(Cl)cc3)=C(CN3CCN(c4ccc(C(=O)NS(=O)(=O)c5ccc(N[C@H](CCN6CCN(C(=O)CO)CC6)CSc6ccccc6)c(S(=O)(=O)C(F)(F)F)c5)cc4)CC3)C2)C(C)(C)C)cc1. The molecule has 4 aliphatic rings. The first-order valence-corrected chi connectivity index (χ1v) is 43.9. The molecule has 6 atom stereocenters. The molecular weight excluding hydrogens is 1550 g/mol. The van der Waals surface area contributed by atoms with Crippen LogP contribution in [0.5, 0.6) is 0 Å². The van der Waals surface area contributed by atoms with Crippen LogP contribution in [-0.2, 0) is 43.8 Å². The van der Waals surface area contributed by atoms with Crippen molar-refractivity contribution >= 4 is 107 Å². The number of carbonyl (C=O) groups is 6. The standard InChI is InChI=1S/C82H105ClF3N11O12S4/c1-55(57-20-22-59(23-21-57)75-56(2)88-54-111-75)89-78(104)70-46-65(99)50-97(70)79(105)76(80(3,4)5)91-73(101)19-15-10-8-7-9-14-18-72(100)87-53-81(6)36-34-68(58-24-28-62(83)29-25-58)61(48-81)49-94-40-42-95(43-41-94)64-30-26-60(27-31-64)77(103)92-113(108,109)67-32-33-69(71(47-67)112(106,107)82(84,85)86)90-63(52-110-66-16-12-11-13-17-66)35-37-93-38-44-96(45-39-93)74(102)51-98/h11-13,16-17,20-33,47,54-55,63,65,70,76,90,98-99H,7-10,14-15,18-19,34-46,48-53H2,1-6H3,(H,87,100)(H,89,104)(H,91,101)(H,92,103)/t55-,63+,65+,70-,76+,81?/m0/s1. The van der Waals surface area contributed by atoms with E-state index in [1.165, 1.54) is 44.8 Å². The van der Waals surface area contributed by atoms with Crippen molar-refractivity contribution in [1.29, 1.82) is 0 Å². The number of aliphatic hydroxyl groups excluding tert-OH is 2. The minimum atomic E-state index is -6.17. The molecule has 23 nitrogen and oxygen atoms in total. The van der Waals surface area contributed by atoms with Gasteiger partial charge in [0, 0.05) is 131 Å². The molecule has 113 heavy (non-hydrogen) atoms. The van der Waals surface area contributed by atoms with E-state index in [2.05, 4.69) is 43.0 Å². The highest BCUT2D eigenvalue weighted by Crippen LogP contribution is 2.44. The number of aliphatic hydroxyl groups is 2. The third-order valence-electron chi connectivity index (χ3n) is 21.6. The van der Waals surface area contributed by atoms with Gasteiger partial charge in [-0.2, -0.15) is 13.2 Å². The number of halogens is 4. The highest BCUT2D eigenvalue weighted by Gasteiger charge is 2.49. The minimum absolute atomic E-state index is 0.00441. The van der Waals surface area contributed by atoms with Gasteiger partial charge in [0.1, 0.15) is 23.6 Å². The van der Waals surface area contributed by atoms with E-state index in [9.17, 15) is 69.0 Å². The summed E-state index contributed by atoms with van der Waals surface area (Å²) in [6.07, 6.45) is 7.28. The summed E-state index contributed by atoms with van der Waals surface area (Å²) < 4.78 is 99.7. The number of amides is 6. The summed E-state index contributed by atoms with van der Waals surface area (Å²) in [5.74, 6) is -2.27. The molecule has 10 rings (SSSR count). The van der Waals surface area contributed by atoms with Gasteiger partial charge >= 0.3 is 5.51 Å². The molecular formula is C82H105ClF3N11O12S4. The Labute approximate surface area is 674 Å². The molecule has 6 amide bonds. The van der Waals surface area contributed by atoms with Crippen molar-refractivity contribution in [1.82, 2.24) is 45.3 Å². The first kappa shape index (κ1) is 87.4. The maximum absolute atomic E-state index is 14.5. The molecule has 612 valence electrons. The number of alkyl halides is 3. The molecule has 1 unspecified atom stereocenters. The highest BCUT2D eigenvalue weighted by molar-refractivity contribution is 7.99. The number of sulfonamides is 1. The molecule has 1 aliphatic carbocycles. The lowest BCUT2D eigenvalue weighted by molar-refractivity contribution is -0.144. The van der Waals surface area contributed by atoms with Crippen molar-refractivity contribution in [2.45, 2.75) is 175 Å². The maximum atomic E-state index is 14.5. The Balaban J connectivity index is 0.662. The van der Waals surface area contributed by atoms with E-state index >= 15 is 0 Å². The van der Waals surface area contributed by atoms with Crippen LogP contribution in [0, 0.1) is 17.8 Å². The first-order chi connectivity index (χ1) is 53.7. The number of likely N-dealkylation sites (tertiary alicyclic amines) is 1. The lowest BCUT2D eigenvalue weighted by atomic mass is 9.71. The Morgan fingerprint density at radius 3 is 2.04 bits per heavy atom. The third-order valence-corrected chi connectivity index (χ3v) is 26.9. The number of unbranched alkanes of at least 4 members (excludes halogenated alkanes) is 5. The second-order valence-corrected chi connectivity index (χ2v) is 37.3. The van der Waals surface area contributed by atoms with Crippen LogP contribution in [0.15, 0.2) is 147 Å². The largest absolute Gasteiger partial charge is 0.501 e. The molecule has 0 spiro atoms. The Morgan fingerprint density at radius 2 is 1.41 bits per heavy atom. The quantitative estimate of drug-likeness (QED) is 0.0146. The van der Waals surface area contributed by atoms with Gasteiger partial charge in [0.2, 0.25) is 29.5 Å². The summed E-state index contributed by atoms with van der Waals surface area (Å²) in [6.45, 7) is 16.9. The zero-order chi connectivity index (χ0) is 81.4. The predicted octanol–water partition coefficient (Wildman–Crippen LogP) is 11.7. The van der Waals surface area contributed by atoms with Gasteiger partial charge in [0.05, 0.1) is 38.8 Å². The summed E-state index contributed by atoms with van der Waals surface area (Å²) in [4.78, 5) is 94.3. The van der Waals surface area contributed by atoms with Gasteiger partial charge in [-0.25, -0.2) is 26.5 Å². The highest BCUT2D eigenvalue weighted by atomic mass is 35.5. The van der Waals surface area contributed by atoms with E-state index in [-0.39, 0.29) is 59.9 Å². The number of nitrogens with zero attached hydrogens (tertiary/aromatic N) is 6. The number of thiazole rings is 1. The smallest absolute Gasteiger partial charge is 0.391 e. The lowest BCUT2D eigenvalue weighted by Crippen LogP contribution is -2.57. The number of sulfone groups is 1. The number of piperazine rings is 2. The number of thioether (sulfide) groups is 1. The Morgan fingerprint density at radius 1 is 0.770 bits per heavy atom. The zero-order valence-corrected chi connectivity index (χ0v) is 68.9. The van der Waals surface area contributed by atoms with Crippen molar-refractivity contribution in [2.75, 3.05) is 101 Å². The van der Waals surface area contributed by atoms with Gasteiger partial charge in [-0.3, -0.25) is 38.6 Å². The number of aromatic nitrogens is 1. The van der Waals surface area contributed by atoms with Gasteiger partial charge < -0.3 is 46.2 Å². The number of β-amino-alcohol motifs (C(OH)–C–C–N with tert-alkyl or cyclic N) is 1. The van der Waals surface area contributed by atoms with E-state index in [1.807, 2.05) is 129 Å². The summed E-state index contributed by atoms with van der Waals surface area (Å²) in [5, 5.41) is 33.0. The fourth-order valence-corrected chi connectivity index (χ4v) is 18.9. The predicted molar refractivity (Wildman–Crippen MR) is 435 cm³/mol. The van der Waals surface area contributed by atoms with Crippen LogP contribution >= 0.6 is 34.7 Å². The Bertz CT molecular complexity index is 4540. The molecule has 0 saturated carbocycles. The van der Waals surface area contributed by atoms with E-state index < -0.39 is 94.8 Å². The van der Waals surface area contributed by atoms with Crippen molar-refractivity contribution < 1.29 is 69.0 Å². The molecule has 4 heterocycles. The van der Waals surface area contributed by atoms with E-state index in [4.69, 9.17) is 11.6 Å². The number of aryl methyl sites for hydroxylation is 1. The van der Waals surface area contributed by atoms with Gasteiger partial charge in [0.15, 0.2) is 0 Å². The van der Waals surface area contributed by atoms with Crippen LogP contribution in [0.3, 0.4) is 0 Å². The monoisotopic (exact) mass is 1660 g/mol. The fourth-order valence-electron chi connectivity index (χ4n) is 15.0. The molecule has 5 aromatic carbocycles. The summed E-state index contributed by atoms with van der Waals surface area (Å²) in [7, 11) is -11.1. The van der Waals surface area contributed by atoms with Crippen LogP contribution in [0.25, 0.3) is 16.0 Å². The molecule has 3 saturated heterocycles. The zero-order valence-electron chi connectivity index (χ0n) is 64.9. The van der Waals surface area contributed by atoms with Gasteiger partial charge in [-0.05, 0) is 152 Å². The van der Waals surface area contributed by atoms with Gasteiger partial charge in [-0.1, -0.05) is 125 Å². The molecule has 31 heteroatoms. The number of anilines is 2. The number of carbonyl (C=O) groups excluding carboxylic acids is 6. The molecule has 3 fully saturated rings. The van der Waals surface area contributed by atoms with Gasteiger partial charge in [-0.15, -0.1) is 23.1 Å². The van der Waals surface area contributed by atoms with Crippen molar-refractivity contribution in [3.8, 4) is 10.4 Å². The van der Waals surface area contributed by atoms with E-state index in [0.29, 0.717) is 102 Å². The van der Waals surface area contributed by atoms with Crippen molar-refractivity contribution in [2.24, 2.45) is 10.8 Å². The van der Waals surface area contributed by atoms with E-state index in [0.717, 1.165) is 101 Å². The number of hydrogen-bond acceptors (Lipinski definition) is 19. The molecule has 0 radical (unpaired) electrons. The maximum Gasteiger partial charge on any atom is 0.501 e. The van der Waals surface area contributed by atoms with Crippen LogP contribution in [-0.4, -0.2) is 208 Å². The lowest BCUT2D eigenvalue weighted by Gasteiger charge is -2.41. The molecule has 3 aliphatic heterocycles.